The van der Waals surface area contributed by atoms with E-state index in [9.17, 15) is 4.79 Å². The summed E-state index contributed by atoms with van der Waals surface area (Å²) in [5.74, 6) is -0.234. The first-order valence-electron chi connectivity index (χ1n) is 4.71. The minimum Gasteiger partial charge on any atom is -0.461 e. The molecule has 1 aromatic carbocycles. The molecule has 0 aliphatic rings. The van der Waals surface area contributed by atoms with E-state index in [0.29, 0.717) is 6.61 Å². The van der Waals surface area contributed by atoms with Crippen molar-refractivity contribution in [3.63, 3.8) is 0 Å². The zero-order chi connectivity index (χ0) is 10.7. The van der Waals surface area contributed by atoms with Gasteiger partial charge in [0, 0.05) is 6.92 Å². The molecule has 0 saturated heterocycles. The maximum Gasteiger partial charge on any atom is 0.302 e. The lowest BCUT2D eigenvalue weighted by molar-refractivity contribution is -0.142. The average Bonchev–Trinajstić information content (AvgIpc) is 2.13. The predicted molar refractivity (Wildman–Crippen MR) is 61.1 cm³/mol. The van der Waals surface area contributed by atoms with Crippen LogP contribution in [0.2, 0.25) is 0 Å². The van der Waals surface area contributed by atoms with Crippen LogP contribution in [0.5, 0.6) is 0 Å². The summed E-state index contributed by atoms with van der Waals surface area (Å²) >= 11 is 0. The van der Waals surface area contributed by atoms with E-state index in [0.717, 1.165) is 5.56 Å². The van der Waals surface area contributed by atoms with Crippen molar-refractivity contribution >= 4 is 5.97 Å². The molecular formula is C12H19NO2. The van der Waals surface area contributed by atoms with Crippen molar-refractivity contribution in [3.05, 3.63) is 34.4 Å². The number of ether oxygens (including phenoxy) is 1. The van der Waals surface area contributed by atoms with Gasteiger partial charge in [0.15, 0.2) is 0 Å². The Bertz CT molecular complexity index is 359. The summed E-state index contributed by atoms with van der Waals surface area (Å²) in [5.41, 5.74) is 4.85. The Morgan fingerprint density at radius 3 is 2.33 bits per heavy atom. The quantitative estimate of drug-likeness (QED) is 0.762. The topological polar surface area (TPSA) is 61.3 Å². The fraction of sp³-hybridized carbons (Fsp3) is 0.417. The molecule has 0 saturated carbocycles. The van der Waals surface area contributed by atoms with Crippen LogP contribution in [0.25, 0.3) is 0 Å². The third kappa shape index (κ3) is 3.36. The monoisotopic (exact) mass is 209 g/mol. The largest absolute Gasteiger partial charge is 0.461 e. The summed E-state index contributed by atoms with van der Waals surface area (Å²) in [6.07, 6.45) is 0. The van der Waals surface area contributed by atoms with E-state index in [-0.39, 0.29) is 12.1 Å². The number of rotatable bonds is 2. The van der Waals surface area contributed by atoms with Gasteiger partial charge < -0.3 is 10.9 Å². The molecule has 0 bridgehead atoms. The van der Waals surface area contributed by atoms with Crippen LogP contribution in [0.3, 0.4) is 0 Å². The van der Waals surface area contributed by atoms with Crippen LogP contribution in [0, 0.1) is 20.8 Å². The second-order valence-corrected chi connectivity index (χ2v) is 3.57. The molecule has 0 heterocycles. The van der Waals surface area contributed by atoms with Crippen LogP contribution < -0.4 is 6.15 Å². The van der Waals surface area contributed by atoms with Crippen LogP contribution in [0.15, 0.2) is 12.1 Å². The van der Waals surface area contributed by atoms with Crippen LogP contribution in [-0.4, -0.2) is 5.97 Å². The van der Waals surface area contributed by atoms with Gasteiger partial charge in [0.05, 0.1) is 0 Å². The zero-order valence-corrected chi connectivity index (χ0v) is 9.89. The minimum atomic E-state index is -0.234. The molecule has 3 heteroatoms. The molecule has 0 aromatic heterocycles. The molecule has 0 atom stereocenters. The molecule has 15 heavy (non-hydrogen) atoms. The second kappa shape index (κ2) is 5.51. The van der Waals surface area contributed by atoms with Gasteiger partial charge in [0.2, 0.25) is 0 Å². The predicted octanol–water partition coefficient (Wildman–Crippen LogP) is 2.84. The maximum atomic E-state index is 10.7. The van der Waals surface area contributed by atoms with Crippen LogP contribution in [0.4, 0.5) is 0 Å². The van der Waals surface area contributed by atoms with Gasteiger partial charge in [-0.05, 0) is 43.0 Å². The average molecular weight is 209 g/mol. The molecule has 0 amide bonds. The summed E-state index contributed by atoms with van der Waals surface area (Å²) in [4.78, 5) is 10.7. The lowest BCUT2D eigenvalue weighted by atomic mass is 9.99. The van der Waals surface area contributed by atoms with E-state index in [2.05, 4.69) is 26.8 Å². The highest BCUT2D eigenvalue weighted by Crippen LogP contribution is 2.17. The van der Waals surface area contributed by atoms with Crippen LogP contribution in [-0.2, 0) is 16.1 Å². The van der Waals surface area contributed by atoms with Gasteiger partial charge in [-0.25, -0.2) is 0 Å². The van der Waals surface area contributed by atoms with Gasteiger partial charge in [-0.1, -0.05) is 12.1 Å². The summed E-state index contributed by atoms with van der Waals surface area (Å²) < 4.78 is 4.96. The Labute approximate surface area is 91.0 Å². The minimum absolute atomic E-state index is 0. The smallest absolute Gasteiger partial charge is 0.302 e. The molecule has 0 fully saturated rings. The van der Waals surface area contributed by atoms with Gasteiger partial charge >= 0.3 is 5.97 Å². The second-order valence-electron chi connectivity index (χ2n) is 3.57. The Morgan fingerprint density at radius 2 is 1.80 bits per heavy atom. The molecule has 0 radical (unpaired) electrons. The highest BCUT2D eigenvalue weighted by atomic mass is 16.5. The van der Waals surface area contributed by atoms with E-state index < -0.39 is 0 Å². The van der Waals surface area contributed by atoms with Crippen molar-refractivity contribution < 1.29 is 9.53 Å². The van der Waals surface area contributed by atoms with Crippen molar-refractivity contribution in [2.24, 2.45) is 0 Å². The Balaban J connectivity index is 0.00000196. The maximum absolute atomic E-state index is 10.7. The van der Waals surface area contributed by atoms with E-state index in [1.54, 1.807) is 0 Å². The summed E-state index contributed by atoms with van der Waals surface area (Å²) in [6.45, 7) is 8.03. The van der Waals surface area contributed by atoms with Crippen molar-refractivity contribution in [1.29, 1.82) is 0 Å². The summed E-state index contributed by atoms with van der Waals surface area (Å²) in [5, 5.41) is 0. The van der Waals surface area contributed by atoms with E-state index in [1.807, 2.05) is 6.07 Å². The van der Waals surface area contributed by atoms with Gasteiger partial charge in [0.1, 0.15) is 6.61 Å². The first-order valence-corrected chi connectivity index (χ1v) is 4.71. The summed E-state index contributed by atoms with van der Waals surface area (Å²) in [6, 6.07) is 4.07. The molecule has 3 nitrogen and oxygen atoms in total. The number of carbonyl (C=O) groups is 1. The Morgan fingerprint density at radius 1 is 1.20 bits per heavy atom. The molecule has 1 rings (SSSR count). The van der Waals surface area contributed by atoms with Crippen molar-refractivity contribution in [2.75, 3.05) is 0 Å². The third-order valence-corrected chi connectivity index (χ3v) is 2.60. The molecule has 84 valence electrons. The zero-order valence-electron chi connectivity index (χ0n) is 9.89. The molecule has 1 aromatic rings. The van der Waals surface area contributed by atoms with Gasteiger partial charge in [-0.2, -0.15) is 0 Å². The molecule has 0 aliphatic heterocycles. The number of hydrogen-bond acceptors (Lipinski definition) is 3. The normalized spacial score (nSPS) is 9.33. The third-order valence-electron chi connectivity index (χ3n) is 2.60. The fourth-order valence-corrected chi connectivity index (χ4v) is 1.35. The van der Waals surface area contributed by atoms with Crippen LogP contribution in [0.1, 0.15) is 29.2 Å². The van der Waals surface area contributed by atoms with Gasteiger partial charge in [-0.15, -0.1) is 0 Å². The highest BCUT2D eigenvalue weighted by Gasteiger charge is 2.04. The lowest BCUT2D eigenvalue weighted by Crippen LogP contribution is -2.02. The Kier molecular flexibility index (Phi) is 5.02. The lowest BCUT2D eigenvalue weighted by Gasteiger charge is -2.10. The van der Waals surface area contributed by atoms with Gasteiger partial charge in [0.25, 0.3) is 0 Å². The summed E-state index contributed by atoms with van der Waals surface area (Å²) in [7, 11) is 0. The van der Waals surface area contributed by atoms with Gasteiger partial charge in [-0.3, -0.25) is 4.79 Å². The molecule has 3 N–H and O–H groups in total. The molecule has 0 spiro atoms. The molecular weight excluding hydrogens is 190 g/mol. The first-order chi connectivity index (χ1) is 6.52. The number of benzene rings is 1. The van der Waals surface area contributed by atoms with Crippen molar-refractivity contribution in [2.45, 2.75) is 34.3 Å². The van der Waals surface area contributed by atoms with Crippen LogP contribution >= 0.6 is 0 Å². The standard InChI is InChI=1S/C12H16O2.H3N/c1-8-5-6-12(7-14-11(4)13)10(3)9(8)2;/h5-6H,7H2,1-4H3;1H3. The number of carbonyl (C=O) groups excluding carboxylic acids is 1. The number of hydrogen-bond donors (Lipinski definition) is 1. The first kappa shape index (κ1) is 13.7. The highest BCUT2D eigenvalue weighted by molar-refractivity contribution is 5.66. The van der Waals surface area contributed by atoms with E-state index >= 15 is 0 Å². The van der Waals surface area contributed by atoms with E-state index in [1.165, 1.54) is 23.6 Å². The molecule has 0 aliphatic carbocycles. The molecule has 0 unspecified atom stereocenters. The number of esters is 1. The number of aryl methyl sites for hydroxylation is 1. The van der Waals surface area contributed by atoms with E-state index in [4.69, 9.17) is 4.74 Å². The van der Waals surface area contributed by atoms with Crippen molar-refractivity contribution in [3.8, 4) is 0 Å². The SMILES string of the molecule is CC(=O)OCc1ccc(C)c(C)c1C.N. The Hall–Kier alpha value is -1.35. The fourth-order valence-electron chi connectivity index (χ4n) is 1.35. The van der Waals surface area contributed by atoms with Crippen molar-refractivity contribution in [1.82, 2.24) is 6.15 Å².